The predicted molar refractivity (Wildman–Crippen MR) is 143 cm³/mol. The Balaban J connectivity index is 1.80. The van der Waals surface area contributed by atoms with E-state index in [4.69, 9.17) is 9.16 Å². The van der Waals surface area contributed by atoms with E-state index >= 15 is 0 Å². The van der Waals surface area contributed by atoms with Gasteiger partial charge in [-0.1, -0.05) is 32.1 Å². The lowest BCUT2D eigenvalue weighted by molar-refractivity contribution is -0.116. The fourth-order valence-electron chi connectivity index (χ4n) is 3.85. The van der Waals surface area contributed by atoms with Crippen LogP contribution < -0.4 is 10.2 Å². The summed E-state index contributed by atoms with van der Waals surface area (Å²) in [7, 11) is -1.82. The van der Waals surface area contributed by atoms with Gasteiger partial charge in [-0.2, -0.15) is 0 Å². The lowest BCUT2D eigenvalue weighted by Gasteiger charge is -2.36. The minimum absolute atomic E-state index is 0.0348. The molecule has 36 heavy (non-hydrogen) atoms. The van der Waals surface area contributed by atoms with Crippen LogP contribution in [0.3, 0.4) is 0 Å². The van der Waals surface area contributed by atoms with Gasteiger partial charge in [-0.05, 0) is 63.0 Å². The van der Waals surface area contributed by atoms with E-state index in [-0.39, 0.29) is 17.0 Å². The average molecular weight is 516 g/mol. The molecule has 3 rings (SSSR count). The Morgan fingerprint density at radius 1 is 1.17 bits per heavy atom. The Morgan fingerprint density at radius 2 is 1.86 bits per heavy atom. The van der Waals surface area contributed by atoms with Crippen LogP contribution in [0.5, 0.6) is 0 Å². The van der Waals surface area contributed by atoms with Crippen molar-refractivity contribution in [2.24, 2.45) is 0 Å². The Kier molecular flexibility index (Phi) is 8.00. The molecule has 1 aromatic carbocycles. The Hall–Kier alpha value is -2.72. The van der Waals surface area contributed by atoms with Gasteiger partial charge >= 0.3 is 6.09 Å². The maximum atomic E-state index is 12.5. The van der Waals surface area contributed by atoms with Crippen molar-refractivity contribution in [3.8, 4) is 11.3 Å². The van der Waals surface area contributed by atoms with Crippen LogP contribution in [0, 0.1) is 0 Å². The molecule has 2 aromatic rings. The first-order valence-electron chi connectivity index (χ1n) is 12.5. The van der Waals surface area contributed by atoms with Crippen LogP contribution in [-0.2, 0) is 20.5 Å². The van der Waals surface area contributed by atoms with Crippen LogP contribution in [-0.4, -0.2) is 54.1 Å². The van der Waals surface area contributed by atoms with Crippen molar-refractivity contribution in [3.05, 3.63) is 30.0 Å². The van der Waals surface area contributed by atoms with Crippen LogP contribution in [0.1, 0.15) is 66.5 Å². The normalized spacial score (nSPS) is 16.5. The summed E-state index contributed by atoms with van der Waals surface area (Å²) in [5.41, 5.74) is 2.64. The van der Waals surface area contributed by atoms with Gasteiger partial charge in [0.2, 0.25) is 5.91 Å². The highest BCUT2D eigenvalue weighted by atomic mass is 28.4. The van der Waals surface area contributed by atoms with E-state index in [9.17, 15) is 9.59 Å². The average Bonchev–Trinajstić information content (AvgIpc) is 3.20. The maximum Gasteiger partial charge on any atom is 0.408 e. The molecule has 1 aromatic heterocycles. The van der Waals surface area contributed by atoms with Crippen molar-refractivity contribution in [2.75, 3.05) is 18.1 Å². The third-order valence-corrected chi connectivity index (χ3v) is 11.4. The van der Waals surface area contributed by atoms with E-state index in [0.29, 0.717) is 26.1 Å². The number of nitrogens with zero attached hydrogens (tertiary/aromatic N) is 4. The molecule has 0 aliphatic carbocycles. The van der Waals surface area contributed by atoms with Crippen LogP contribution >= 0.6 is 0 Å². The molecule has 1 aliphatic heterocycles. The van der Waals surface area contributed by atoms with Crippen molar-refractivity contribution < 1.29 is 18.8 Å². The third-order valence-electron chi connectivity index (χ3n) is 6.83. The molecule has 198 valence electrons. The lowest BCUT2D eigenvalue weighted by atomic mass is 9.93. The second-order valence-electron chi connectivity index (χ2n) is 11.9. The molecular weight excluding hydrogens is 474 g/mol. The van der Waals surface area contributed by atoms with Crippen LogP contribution in [0.4, 0.5) is 10.5 Å². The number of carbonyl (C=O) groups is 2. The highest BCUT2D eigenvalue weighted by Gasteiger charge is 2.37. The molecule has 1 N–H and O–H groups in total. The summed E-state index contributed by atoms with van der Waals surface area (Å²) in [6.07, 6.45) is 2.01. The van der Waals surface area contributed by atoms with Crippen LogP contribution in [0.2, 0.25) is 18.1 Å². The molecule has 10 heteroatoms. The Morgan fingerprint density at radius 3 is 2.47 bits per heavy atom. The smallest absolute Gasteiger partial charge is 0.408 e. The largest absolute Gasteiger partial charge is 0.444 e. The summed E-state index contributed by atoms with van der Waals surface area (Å²) in [5, 5.41) is 11.8. The van der Waals surface area contributed by atoms with Gasteiger partial charge in [0.15, 0.2) is 8.32 Å². The quantitative estimate of drug-likeness (QED) is 0.525. The first-order chi connectivity index (χ1) is 16.6. The molecule has 0 radical (unpaired) electrons. The predicted octanol–water partition coefficient (Wildman–Crippen LogP) is 5.29. The summed E-state index contributed by atoms with van der Waals surface area (Å²) in [4.78, 5) is 26.5. The zero-order valence-electron chi connectivity index (χ0n) is 23.1. The maximum absolute atomic E-state index is 12.5. The van der Waals surface area contributed by atoms with Crippen molar-refractivity contribution in [2.45, 2.75) is 91.2 Å². The van der Waals surface area contributed by atoms with Gasteiger partial charge in [0.1, 0.15) is 11.3 Å². The highest BCUT2D eigenvalue weighted by Crippen LogP contribution is 2.38. The number of carbonyl (C=O) groups excluding carboxylic acids is 2. The van der Waals surface area contributed by atoms with Crippen molar-refractivity contribution in [1.29, 1.82) is 0 Å². The van der Waals surface area contributed by atoms with Crippen molar-refractivity contribution in [1.82, 2.24) is 20.3 Å². The zero-order chi connectivity index (χ0) is 26.9. The summed E-state index contributed by atoms with van der Waals surface area (Å²) in [6, 6.07) is 5.55. The van der Waals surface area contributed by atoms with Gasteiger partial charge in [0, 0.05) is 24.7 Å². The Labute approximate surface area is 215 Å². The molecule has 0 bridgehead atoms. The molecule has 0 spiro atoms. The van der Waals surface area contributed by atoms with Crippen LogP contribution in [0.25, 0.3) is 11.3 Å². The number of benzene rings is 1. The van der Waals surface area contributed by atoms with Gasteiger partial charge in [0.05, 0.1) is 25.4 Å². The highest BCUT2D eigenvalue weighted by molar-refractivity contribution is 6.74. The van der Waals surface area contributed by atoms with Gasteiger partial charge in [-0.3, -0.25) is 4.79 Å². The minimum atomic E-state index is -1.82. The molecular formula is C26H41N5O4Si. The lowest BCUT2D eigenvalue weighted by Crippen LogP contribution is -2.41. The van der Waals surface area contributed by atoms with Gasteiger partial charge < -0.3 is 19.4 Å². The van der Waals surface area contributed by atoms with E-state index in [2.05, 4.69) is 49.5 Å². The second kappa shape index (κ2) is 10.3. The number of amides is 2. The number of rotatable bonds is 6. The van der Waals surface area contributed by atoms with E-state index in [1.165, 1.54) is 0 Å². The van der Waals surface area contributed by atoms with Gasteiger partial charge in [0.25, 0.3) is 0 Å². The van der Waals surface area contributed by atoms with Gasteiger partial charge in [-0.25, -0.2) is 9.48 Å². The van der Waals surface area contributed by atoms with Crippen molar-refractivity contribution in [3.63, 3.8) is 0 Å². The number of aromatic nitrogens is 3. The zero-order valence-corrected chi connectivity index (χ0v) is 24.1. The number of ether oxygens (including phenoxy) is 1. The number of hydrogen-bond donors (Lipinski definition) is 1. The second-order valence-corrected chi connectivity index (χ2v) is 16.7. The topological polar surface area (TPSA) is 98.6 Å². The number of fused-ring (bicyclic) bond motifs is 1. The number of nitrogens with one attached hydrogen (secondary N) is 1. The molecule has 9 nitrogen and oxygen atoms in total. The summed E-state index contributed by atoms with van der Waals surface area (Å²) in [5.74, 6) is -0.0348. The molecule has 1 aliphatic rings. The van der Waals surface area contributed by atoms with E-state index in [1.54, 1.807) is 16.5 Å². The Bertz CT molecular complexity index is 1100. The monoisotopic (exact) mass is 515 g/mol. The first-order valence-corrected chi connectivity index (χ1v) is 15.4. The van der Waals surface area contributed by atoms with E-state index in [1.807, 2.05) is 45.2 Å². The SMILES string of the molecule is CC(=O)N1CCC(NC(=O)OC(C)(C)C)c2cc(-c3cn(CCO[Si](C)(C)C(C)(C)C)nn3)ccc21. The third kappa shape index (κ3) is 6.73. The molecule has 0 fully saturated rings. The molecule has 2 amide bonds. The number of hydrogen-bond acceptors (Lipinski definition) is 6. The van der Waals surface area contributed by atoms with E-state index in [0.717, 1.165) is 22.5 Å². The summed E-state index contributed by atoms with van der Waals surface area (Å²) >= 11 is 0. The minimum Gasteiger partial charge on any atom is -0.444 e. The standard InChI is InChI=1S/C26H41N5O4Si/c1-18(32)31-13-12-21(27-24(33)35-25(2,3)4)20-16-19(10-11-23(20)31)22-17-30(29-28-22)14-15-34-36(8,9)26(5,6)7/h10-11,16-17,21H,12-15H2,1-9H3,(H,27,33). The number of alkyl carbamates (subject to hydrolysis) is 1. The molecule has 1 unspecified atom stereocenters. The van der Waals surface area contributed by atoms with E-state index < -0.39 is 20.0 Å². The molecule has 0 saturated heterocycles. The molecule has 2 heterocycles. The van der Waals surface area contributed by atoms with Crippen LogP contribution in [0.15, 0.2) is 24.4 Å². The first kappa shape index (κ1) is 27.9. The molecule has 1 atom stereocenters. The fourth-order valence-corrected chi connectivity index (χ4v) is 4.89. The molecule has 0 saturated carbocycles. The number of anilines is 1. The summed E-state index contributed by atoms with van der Waals surface area (Å²) in [6.45, 7) is 19.9. The summed E-state index contributed by atoms with van der Waals surface area (Å²) < 4.78 is 13.5. The fraction of sp³-hybridized carbons (Fsp3) is 0.615. The van der Waals surface area contributed by atoms with Gasteiger partial charge in [-0.15, -0.1) is 5.10 Å². The van der Waals surface area contributed by atoms with Crippen molar-refractivity contribution >= 4 is 26.0 Å².